The first-order chi connectivity index (χ1) is 8.25. The lowest BCUT2D eigenvalue weighted by molar-refractivity contribution is 0.231. The average molecular weight is 270 g/mol. The zero-order valence-corrected chi connectivity index (χ0v) is 11.4. The van der Waals surface area contributed by atoms with Gasteiger partial charge >= 0.3 is 7.12 Å². The van der Waals surface area contributed by atoms with Crippen molar-refractivity contribution in [2.24, 2.45) is 0 Å². The summed E-state index contributed by atoms with van der Waals surface area (Å²) in [5, 5.41) is 18.0. The van der Waals surface area contributed by atoms with E-state index in [0.717, 1.165) is 13.0 Å². The highest BCUT2D eigenvalue weighted by Gasteiger charge is 2.11. The van der Waals surface area contributed by atoms with E-state index in [1.54, 1.807) is 12.1 Å². The summed E-state index contributed by atoms with van der Waals surface area (Å²) in [6.07, 6.45) is 5.08. The molecule has 2 N–H and O–H groups in total. The van der Waals surface area contributed by atoms with Gasteiger partial charge in [0.1, 0.15) is 0 Å². The summed E-state index contributed by atoms with van der Waals surface area (Å²) in [5.74, 6) is 0. The van der Waals surface area contributed by atoms with E-state index in [4.69, 9.17) is 10.0 Å². The Hall–Kier alpha value is -0.545. The molecule has 1 aliphatic rings. The summed E-state index contributed by atoms with van der Waals surface area (Å²) in [4.78, 5) is 2.51. The zero-order chi connectivity index (χ0) is 12.1. The van der Waals surface area contributed by atoms with Crippen LogP contribution in [0.2, 0.25) is 0 Å². The lowest BCUT2D eigenvalue weighted by Gasteiger charge is -2.26. The minimum atomic E-state index is -1.36. The van der Waals surface area contributed by atoms with Crippen LogP contribution in [0.3, 0.4) is 0 Å². The van der Waals surface area contributed by atoms with E-state index < -0.39 is 7.12 Å². The van der Waals surface area contributed by atoms with Gasteiger partial charge < -0.3 is 14.9 Å². The fourth-order valence-corrected chi connectivity index (χ4v) is 2.33. The smallest absolute Gasteiger partial charge is 0.423 e. The minimum absolute atomic E-state index is 0. The molecule has 0 bridgehead atoms. The number of halogens is 1. The number of hydrogen-bond donors (Lipinski definition) is 2. The van der Waals surface area contributed by atoms with E-state index in [1.165, 1.54) is 37.9 Å². The molecule has 100 valence electrons. The third-order valence-electron chi connectivity index (χ3n) is 3.44. The topological polar surface area (TPSA) is 43.7 Å². The van der Waals surface area contributed by atoms with Crippen molar-refractivity contribution in [3.8, 4) is 0 Å². The molecular weight excluding hydrogens is 248 g/mol. The lowest BCUT2D eigenvalue weighted by atomic mass is 9.80. The Morgan fingerprint density at radius 1 is 1.00 bits per heavy atom. The van der Waals surface area contributed by atoms with E-state index >= 15 is 0 Å². The van der Waals surface area contributed by atoms with Gasteiger partial charge in [-0.1, -0.05) is 30.7 Å². The van der Waals surface area contributed by atoms with Crippen molar-refractivity contribution in [1.29, 1.82) is 0 Å². The summed E-state index contributed by atoms with van der Waals surface area (Å²) in [7, 11) is -1.36. The maximum Gasteiger partial charge on any atom is 0.488 e. The molecule has 0 saturated carbocycles. The molecule has 1 aromatic rings. The minimum Gasteiger partial charge on any atom is -0.423 e. The maximum atomic E-state index is 9.00. The van der Waals surface area contributed by atoms with Crippen LogP contribution in [-0.4, -0.2) is 41.7 Å². The normalized spacial score (nSPS) is 16.1. The van der Waals surface area contributed by atoms with E-state index in [-0.39, 0.29) is 12.4 Å². The van der Waals surface area contributed by atoms with Crippen molar-refractivity contribution in [3.05, 3.63) is 29.8 Å². The summed E-state index contributed by atoms with van der Waals surface area (Å²) in [6, 6.07) is 7.55. The number of benzene rings is 1. The van der Waals surface area contributed by atoms with Gasteiger partial charge in [0.05, 0.1) is 0 Å². The fourth-order valence-electron chi connectivity index (χ4n) is 2.33. The molecule has 3 nitrogen and oxygen atoms in total. The van der Waals surface area contributed by atoms with Gasteiger partial charge in [-0.25, -0.2) is 0 Å². The predicted octanol–water partition coefficient (Wildman–Crippen LogP) is 0.817. The number of hydrogen-bond acceptors (Lipinski definition) is 3. The largest absolute Gasteiger partial charge is 0.488 e. The predicted molar refractivity (Wildman–Crippen MR) is 77.5 cm³/mol. The number of nitrogens with zero attached hydrogens (tertiary/aromatic N) is 1. The maximum absolute atomic E-state index is 9.00. The molecule has 0 aliphatic carbocycles. The molecule has 18 heavy (non-hydrogen) atoms. The van der Waals surface area contributed by atoms with Gasteiger partial charge in [-0.3, -0.25) is 0 Å². The van der Waals surface area contributed by atoms with Gasteiger partial charge in [-0.2, -0.15) is 0 Å². The monoisotopic (exact) mass is 269 g/mol. The second kappa shape index (κ2) is 7.79. The van der Waals surface area contributed by atoms with Gasteiger partial charge in [-0.05, 0) is 43.4 Å². The van der Waals surface area contributed by atoms with Crippen molar-refractivity contribution in [3.63, 3.8) is 0 Å². The van der Waals surface area contributed by atoms with Crippen molar-refractivity contribution < 1.29 is 10.0 Å². The first-order valence-corrected chi connectivity index (χ1v) is 6.43. The molecule has 0 unspecified atom stereocenters. The van der Waals surface area contributed by atoms with E-state index in [2.05, 4.69) is 4.90 Å². The quantitative estimate of drug-likeness (QED) is 0.796. The Morgan fingerprint density at radius 3 is 2.17 bits per heavy atom. The number of likely N-dealkylation sites (tertiary alicyclic amines) is 1. The fraction of sp³-hybridized carbons (Fsp3) is 0.538. The molecule has 0 spiro atoms. The van der Waals surface area contributed by atoms with Crippen LogP contribution in [0.15, 0.2) is 24.3 Å². The Morgan fingerprint density at radius 2 is 1.61 bits per heavy atom. The molecule has 0 amide bonds. The molecule has 5 heteroatoms. The van der Waals surface area contributed by atoms with Gasteiger partial charge in [0, 0.05) is 6.54 Å². The van der Waals surface area contributed by atoms with Crippen LogP contribution in [0.4, 0.5) is 0 Å². The molecule has 0 atom stereocenters. The first-order valence-electron chi connectivity index (χ1n) is 6.43. The molecular formula is C13H21BClNO2. The zero-order valence-electron chi connectivity index (χ0n) is 10.6. The Bertz CT molecular complexity index is 339. The van der Waals surface area contributed by atoms with Crippen LogP contribution in [0.25, 0.3) is 0 Å². The molecule has 2 rings (SSSR count). The highest BCUT2D eigenvalue weighted by Crippen LogP contribution is 2.09. The Labute approximate surface area is 115 Å². The van der Waals surface area contributed by atoms with Crippen LogP contribution in [0.1, 0.15) is 24.8 Å². The first kappa shape index (κ1) is 15.5. The van der Waals surface area contributed by atoms with Crippen LogP contribution in [0, 0.1) is 0 Å². The van der Waals surface area contributed by atoms with Gasteiger partial charge in [0.2, 0.25) is 0 Å². The second-order valence-electron chi connectivity index (χ2n) is 4.77. The molecule has 0 radical (unpaired) electrons. The lowest BCUT2D eigenvalue weighted by Crippen LogP contribution is -2.32. The molecule has 1 aromatic carbocycles. The Kier molecular flexibility index (Phi) is 6.72. The second-order valence-corrected chi connectivity index (χ2v) is 4.77. The standard InChI is InChI=1S/C13H20BNO2.ClH/c16-14(17)13-6-4-12(5-7-13)8-11-15-9-2-1-3-10-15;/h4-7,16-17H,1-3,8-11H2;1H. The summed E-state index contributed by atoms with van der Waals surface area (Å²) in [5.41, 5.74) is 1.83. The van der Waals surface area contributed by atoms with E-state index in [9.17, 15) is 0 Å². The summed E-state index contributed by atoms with van der Waals surface area (Å²) >= 11 is 0. The Balaban J connectivity index is 0.00000162. The molecule has 1 fully saturated rings. The highest BCUT2D eigenvalue weighted by atomic mass is 35.5. The van der Waals surface area contributed by atoms with Gasteiger partial charge in [-0.15, -0.1) is 12.4 Å². The molecule has 1 saturated heterocycles. The molecule has 1 heterocycles. The third kappa shape index (κ3) is 4.61. The third-order valence-corrected chi connectivity index (χ3v) is 3.44. The highest BCUT2D eigenvalue weighted by molar-refractivity contribution is 6.58. The van der Waals surface area contributed by atoms with E-state index in [1.807, 2.05) is 12.1 Å². The van der Waals surface area contributed by atoms with Gasteiger partial charge in [0.15, 0.2) is 0 Å². The van der Waals surface area contributed by atoms with Crippen molar-refractivity contribution in [2.75, 3.05) is 19.6 Å². The number of piperidine rings is 1. The van der Waals surface area contributed by atoms with Gasteiger partial charge in [0.25, 0.3) is 0 Å². The van der Waals surface area contributed by atoms with Crippen LogP contribution in [0.5, 0.6) is 0 Å². The van der Waals surface area contributed by atoms with Crippen molar-refractivity contribution in [2.45, 2.75) is 25.7 Å². The van der Waals surface area contributed by atoms with Crippen molar-refractivity contribution >= 4 is 25.0 Å². The number of rotatable bonds is 4. The van der Waals surface area contributed by atoms with Crippen LogP contribution in [-0.2, 0) is 6.42 Å². The van der Waals surface area contributed by atoms with Crippen LogP contribution >= 0.6 is 12.4 Å². The summed E-state index contributed by atoms with van der Waals surface area (Å²) < 4.78 is 0. The summed E-state index contributed by atoms with van der Waals surface area (Å²) in [6.45, 7) is 3.57. The van der Waals surface area contributed by atoms with E-state index in [0.29, 0.717) is 5.46 Å². The van der Waals surface area contributed by atoms with Crippen LogP contribution < -0.4 is 5.46 Å². The SMILES string of the molecule is Cl.OB(O)c1ccc(CCN2CCCCC2)cc1. The average Bonchev–Trinajstić information content (AvgIpc) is 2.38. The molecule has 1 aliphatic heterocycles. The molecule has 0 aromatic heterocycles. The van der Waals surface area contributed by atoms with Crippen molar-refractivity contribution in [1.82, 2.24) is 4.90 Å².